The summed E-state index contributed by atoms with van der Waals surface area (Å²) in [4.78, 5) is 9.87. The first-order valence-electron chi connectivity index (χ1n) is 6.69. The number of halogens is 1. The molecule has 1 aromatic carbocycles. The minimum absolute atomic E-state index is 0.161. The fraction of sp³-hybridized carbons (Fsp3) is 0.400. The number of rotatable bonds is 3. The van der Waals surface area contributed by atoms with Crippen molar-refractivity contribution in [2.75, 3.05) is 13.1 Å². The topological polar surface area (TPSA) is 31.9 Å². The zero-order valence-corrected chi connectivity index (χ0v) is 11.1. The molecule has 1 saturated heterocycles. The van der Waals surface area contributed by atoms with E-state index in [0.29, 0.717) is 5.92 Å². The van der Waals surface area contributed by atoms with Gasteiger partial charge in [-0.2, -0.15) is 0 Å². The van der Waals surface area contributed by atoms with E-state index in [-0.39, 0.29) is 5.82 Å². The third kappa shape index (κ3) is 2.68. The third-order valence-electron chi connectivity index (χ3n) is 3.92. The fourth-order valence-electron chi connectivity index (χ4n) is 2.74. The molecule has 0 amide bonds. The van der Waals surface area contributed by atoms with Gasteiger partial charge in [0, 0.05) is 18.8 Å². The van der Waals surface area contributed by atoms with Crippen LogP contribution in [0.1, 0.15) is 29.3 Å². The summed E-state index contributed by atoms with van der Waals surface area (Å²) < 4.78 is 12.9. The molecule has 3 rings (SSSR count). The average Bonchev–Trinajstić information content (AvgIpc) is 3.01. The SMILES string of the molecule is Cc1[nH]cnc1CN1CC[C@H](c2ccc(F)cc2)C1. The van der Waals surface area contributed by atoms with Crippen molar-refractivity contribution in [2.45, 2.75) is 25.8 Å². The van der Waals surface area contributed by atoms with Gasteiger partial charge in [-0.05, 0) is 43.5 Å². The van der Waals surface area contributed by atoms with Crippen LogP contribution < -0.4 is 0 Å². The number of benzene rings is 1. The molecule has 1 N–H and O–H groups in total. The van der Waals surface area contributed by atoms with Gasteiger partial charge in [0.05, 0.1) is 12.0 Å². The minimum atomic E-state index is -0.161. The lowest BCUT2D eigenvalue weighted by molar-refractivity contribution is 0.322. The highest BCUT2D eigenvalue weighted by Gasteiger charge is 2.24. The van der Waals surface area contributed by atoms with E-state index in [2.05, 4.69) is 21.8 Å². The van der Waals surface area contributed by atoms with E-state index in [4.69, 9.17) is 0 Å². The summed E-state index contributed by atoms with van der Waals surface area (Å²) >= 11 is 0. The second kappa shape index (κ2) is 5.13. The smallest absolute Gasteiger partial charge is 0.123 e. The molecular formula is C15H18FN3. The minimum Gasteiger partial charge on any atom is -0.348 e. The summed E-state index contributed by atoms with van der Waals surface area (Å²) in [6.07, 6.45) is 2.88. The Labute approximate surface area is 112 Å². The summed E-state index contributed by atoms with van der Waals surface area (Å²) in [5, 5.41) is 0. The normalized spacial score (nSPS) is 20.0. The molecule has 0 radical (unpaired) electrons. The lowest BCUT2D eigenvalue weighted by Gasteiger charge is -2.15. The van der Waals surface area contributed by atoms with Crippen molar-refractivity contribution < 1.29 is 4.39 Å². The monoisotopic (exact) mass is 259 g/mol. The van der Waals surface area contributed by atoms with Gasteiger partial charge in [-0.3, -0.25) is 4.90 Å². The molecule has 0 aliphatic carbocycles. The molecule has 4 heteroatoms. The molecule has 100 valence electrons. The molecule has 1 aromatic heterocycles. The average molecular weight is 259 g/mol. The zero-order chi connectivity index (χ0) is 13.2. The first-order chi connectivity index (χ1) is 9.22. The van der Waals surface area contributed by atoms with Gasteiger partial charge in [-0.15, -0.1) is 0 Å². The Morgan fingerprint density at radius 1 is 1.37 bits per heavy atom. The Hall–Kier alpha value is -1.68. The number of H-pyrrole nitrogens is 1. The number of hydrogen-bond acceptors (Lipinski definition) is 2. The molecular weight excluding hydrogens is 241 g/mol. The number of aromatic nitrogens is 2. The van der Waals surface area contributed by atoms with Crippen LogP contribution in [0.15, 0.2) is 30.6 Å². The molecule has 0 bridgehead atoms. The van der Waals surface area contributed by atoms with E-state index < -0.39 is 0 Å². The van der Waals surface area contributed by atoms with Gasteiger partial charge in [-0.25, -0.2) is 9.37 Å². The van der Waals surface area contributed by atoms with Crippen LogP contribution in [0.2, 0.25) is 0 Å². The molecule has 0 saturated carbocycles. The maximum atomic E-state index is 12.9. The van der Waals surface area contributed by atoms with Crippen molar-refractivity contribution in [2.24, 2.45) is 0 Å². The second-order valence-electron chi connectivity index (χ2n) is 5.25. The van der Waals surface area contributed by atoms with E-state index in [1.807, 2.05) is 12.1 Å². The highest BCUT2D eigenvalue weighted by Crippen LogP contribution is 2.28. The van der Waals surface area contributed by atoms with Crippen molar-refractivity contribution in [3.05, 3.63) is 53.4 Å². The molecule has 19 heavy (non-hydrogen) atoms. The van der Waals surface area contributed by atoms with E-state index in [1.54, 1.807) is 18.5 Å². The highest BCUT2D eigenvalue weighted by molar-refractivity contribution is 5.22. The van der Waals surface area contributed by atoms with Crippen molar-refractivity contribution in [1.29, 1.82) is 0 Å². The number of aromatic amines is 1. The van der Waals surface area contributed by atoms with Crippen LogP contribution in [0, 0.1) is 12.7 Å². The molecule has 1 aliphatic rings. The molecule has 2 aromatic rings. The number of nitrogens with zero attached hydrogens (tertiary/aromatic N) is 2. The van der Waals surface area contributed by atoms with Gasteiger partial charge in [-0.1, -0.05) is 12.1 Å². The summed E-state index contributed by atoms with van der Waals surface area (Å²) in [6, 6.07) is 6.91. The molecule has 1 fully saturated rings. The van der Waals surface area contributed by atoms with Crippen molar-refractivity contribution in [3.63, 3.8) is 0 Å². The fourth-order valence-corrected chi connectivity index (χ4v) is 2.74. The number of nitrogens with one attached hydrogen (secondary N) is 1. The van der Waals surface area contributed by atoms with Gasteiger partial charge < -0.3 is 4.98 Å². The molecule has 3 nitrogen and oxygen atoms in total. The Morgan fingerprint density at radius 2 is 2.16 bits per heavy atom. The highest BCUT2D eigenvalue weighted by atomic mass is 19.1. The number of aryl methyl sites for hydroxylation is 1. The Morgan fingerprint density at radius 3 is 2.84 bits per heavy atom. The van der Waals surface area contributed by atoms with Crippen LogP contribution in [0.3, 0.4) is 0 Å². The van der Waals surface area contributed by atoms with Gasteiger partial charge in [0.25, 0.3) is 0 Å². The van der Waals surface area contributed by atoms with Gasteiger partial charge in [0.15, 0.2) is 0 Å². The van der Waals surface area contributed by atoms with Gasteiger partial charge in [0.2, 0.25) is 0 Å². The lowest BCUT2D eigenvalue weighted by Crippen LogP contribution is -2.20. The van der Waals surface area contributed by atoms with Crippen molar-refractivity contribution in [3.8, 4) is 0 Å². The van der Waals surface area contributed by atoms with Crippen LogP contribution >= 0.6 is 0 Å². The molecule has 0 spiro atoms. The van der Waals surface area contributed by atoms with Crippen LogP contribution in [0.4, 0.5) is 4.39 Å². The van der Waals surface area contributed by atoms with E-state index >= 15 is 0 Å². The first kappa shape index (κ1) is 12.4. The van der Waals surface area contributed by atoms with Crippen LogP contribution in [-0.4, -0.2) is 28.0 Å². The maximum absolute atomic E-state index is 12.9. The van der Waals surface area contributed by atoms with E-state index in [9.17, 15) is 4.39 Å². The lowest BCUT2D eigenvalue weighted by atomic mass is 9.99. The van der Waals surface area contributed by atoms with Crippen molar-refractivity contribution in [1.82, 2.24) is 14.9 Å². The number of imidazole rings is 1. The van der Waals surface area contributed by atoms with E-state index in [1.165, 1.54) is 5.56 Å². The number of hydrogen-bond donors (Lipinski definition) is 1. The quantitative estimate of drug-likeness (QED) is 0.919. The third-order valence-corrected chi connectivity index (χ3v) is 3.92. The molecule has 1 atom stereocenters. The predicted molar refractivity (Wildman–Crippen MR) is 72.4 cm³/mol. The Bertz CT molecular complexity index is 547. The zero-order valence-electron chi connectivity index (χ0n) is 11.1. The van der Waals surface area contributed by atoms with Crippen LogP contribution in [-0.2, 0) is 6.54 Å². The van der Waals surface area contributed by atoms with Gasteiger partial charge >= 0.3 is 0 Å². The molecule has 1 aliphatic heterocycles. The molecule has 2 heterocycles. The standard InChI is InChI=1S/C15H18FN3/c1-11-15(18-10-17-11)9-19-7-6-13(8-19)12-2-4-14(16)5-3-12/h2-5,10,13H,6-9H2,1H3,(H,17,18)/t13-/m0/s1. The maximum Gasteiger partial charge on any atom is 0.123 e. The summed E-state index contributed by atoms with van der Waals surface area (Å²) in [5.74, 6) is 0.352. The predicted octanol–water partition coefficient (Wildman–Crippen LogP) is 2.85. The summed E-state index contributed by atoms with van der Waals surface area (Å²) in [6.45, 7) is 5.05. The summed E-state index contributed by atoms with van der Waals surface area (Å²) in [5.41, 5.74) is 3.51. The van der Waals surface area contributed by atoms with E-state index in [0.717, 1.165) is 37.4 Å². The first-order valence-corrected chi connectivity index (χ1v) is 6.69. The van der Waals surface area contributed by atoms with Crippen LogP contribution in [0.5, 0.6) is 0 Å². The van der Waals surface area contributed by atoms with Gasteiger partial charge in [0.1, 0.15) is 5.82 Å². The van der Waals surface area contributed by atoms with Crippen LogP contribution in [0.25, 0.3) is 0 Å². The summed E-state index contributed by atoms with van der Waals surface area (Å²) in [7, 11) is 0. The Kier molecular flexibility index (Phi) is 3.34. The second-order valence-corrected chi connectivity index (χ2v) is 5.25. The number of likely N-dealkylation sites (tertiary alicyclic amines) is 1. The molecule has 0 unspecified atom stereocenters. The largest absolute Gasteiger partial charge is 0.348 e. The van der Waals surface area contributed by atoms with Crippen molar-refractivity contribution >= 4 is 0 Å². The Balaban J connectivity index is 1.64.